The van der Waals surface area contributed by atoms with Crippen molar-refractivity contribution in [2.75, 3.05) is 7.11 Å². The highest BCUT2D eigenvalue weighted by Crippen LogP contribution is 2.29. The summed E-state index contributed by atoms with van der Waals surface area (Å²) in [6.45, 7) is 0. The molecule has 0 spiro atoms. The second kappa shape index (κ2) is 6.52. The quantitative estimate of drug-likeness (QED) is 0.368. The summed E-state index contributed by atoms with van der Waals surface area (Å²) in [6.07, 6.45) is 1.44. The first kappa shape index (κ1) is 16.3. The number of nitrogens with zero attached hydrogens (tertiary/aromatic N) is 2. The number of benzene rings is 2. The molecule has 0 saturated heterocycles. The van der Waals surface area contributed by atoms with Crippen molar-refractivity contribution in [1.82, 2.24) is 0 Å². The Bertz CT molecular complexity index is 919. The summed E-state index contributed by atoms with van der Waals surface area (Å²) in [4.78, 5) is 26.5. The molecule has 25 heavy (non-hydrogen) atoms. The Balaban J connectivity index is 1.96. The number of esters is 1. The van der Waals surface area contributed by atoms with E-state index in [9.17, 15) is 19.3 Å². The number of hydrogen-bond donors (Lipinski definition) is 0. The minimum atomic E-state index is -0.696. The van der Waals surface area contributed by atoms with Gasteiger partial charge in [0.1, 0.15) is 5.82 Å². The van der Waals surface area contributed by atoms with E-state index >= 15 is 0 Å². The van der Waals surface area contributed by atoms with Gasteiger partial charge in [0.05, 0.1) is 12.0 Å². The Morgan fingerprint density at radius 1 is 1.24 bits per heavy atom. The fraction of sp³-hybridized carbons (Fsp3) is 0.0588. The first-order chi connectivity index (χ1) is 12.0. The second-order valence-electron chi connectivity index (χ2n) is 5.03. The number of methoxy groups -OCH3 is 1. The van der Waals surface area contributed by atoms with Crippen LogP contribution in [-0.4, -0.2) is 23.9 Å². The highest BCUT2D eigenvalue weighted by molar-refractivity contribution is 6.13. The first-order valence-corrected chi connectivity index (χ1v) is 7.09. The molecule has 0 saturated carbocycles. The van der Waals surface area contributed by atoms with E-state index in [1.807, 2.05) is 0 Å². The molecule has 0 N–H and O–H groups in total. The van der Waals surface area contributed by atoms with Crippen LogP contribution in [0.2, 0.25) is 0 Å². The number of nitro benzene ring substituents is 1. The number of carbonyl (C=O) groups is 1. The van der Waals surface area contributed by atoms with E-state index in [1.54, 1.807) is 0 Å². The van der Waals surface area contributed by atoms with Gasteiger partial charge in [-0.2, -0.15) is 0 Å². The molecule has 0 amide bonds. The van der Waals surface area contributed by atoms with Crippen LogP contribution in [0.25, 0.3) is 6.08 Å². The van der Waals surface area contributed by atoms with Crippen LogP contribution < -0.4 is 4.74 Å². The lowest BCUT2D eigenvalue weighted by Gasteiger charge is -2.03. The Hall–Kier alpha value is -3.55. The molecule has 8 heteroatoms. The van der Waals surface area contributed by atoms with Gasteiger partial charge in [-0.15, -0.1) is 0 Å². The summed E-state index contributed by atoms with van der Waals surface area (Å²) in [5.74, 6) is -1.06. The summed E-state index contributed by atoms with van der Waals surface area (Å²) in [5, 5.41) is 11.1. The van der Waals surface area contributed by atoms with Crippen molar-refractivity contribution in [2.24, 2.45) is 4.99 Å². The van der Waals surface area contributed by atoms with Gasteiger partial charge in [0, 0.05) is 11.6 Å². The van der Waals surface area contributed by atoms with Crippen molar-refractivity contribution >= 4 is 23.6 Å². The Morgan fingerprint density at radius 3 is 2.60 bits per heavy atom. The highest BCUT2D eigenvalue weighted by atomic mass is 19.1. The number of carbonyl (C=O) groups excluding carboxylic acids is 1. The van der Waals surface area contributed by atoms with Crippen LogP contribution in [0.1, 0.15) is 11.1 Å². The molecule has 0 atom stereocenters. The van der Waals surface area contributed by atoms with Gasteiger partial charge in [-0.25, -0.2) is 14.2 Å². The monoisotopic (exact) mass is 342 g/mol. The number of cyclic esters (lactones) is 1. The third kappa shape index (κ3) is 3.37. The third-order valence-corrected chi connectivity index (χ3v) is 3.42. The maximum atomic E-state index is 12.9. The van der Waals surface area contributed by atoms with Crippen LogP contribution in [0.4, 0.5) is 10.1 Å². The molecule has 3 rings (SSSR count). The fourth-order valence-corrected chi connectivity index (χ4v) is 2.22. The number of rotatable bonds is 4. The lowest BCUT2D eigenvalue weighted by atomic mass is 10.2. The van der Waals surface area contributed by atoms with Crippen molar-refractivity contribution in [1.29, 1.82) is 0 Å². The lowest BCUT2D eigenvalue weighted by Crippen LogP contribution is -2.06. The van der Waals surface area contributed by atoms with Crippen LogP contribution in [0.3, 0.4) is 0 Å². The minimum Gasteiger partial charge on any atom is -0.490 e. The SMILES string of the molecule is COc1ccc(C2=NC(=Cc3ccc(F)cc3)C(=O)O2)cc1[N+](=O)[O-]. The molecule has 2 aromatic rings. The average Bonchev–Trinajstić information content (AvgIpc) is 2.97. The van der Waals surface area contributed by atoms with Crippen molar-refractivity contribution < 1.29 is 23.6 Å². The average molecular weight is 342 g/mol. The zero-order valence-electron chi connectivity index (χ0n) is 12.9. The molecule has 1 aliphatic rings. The summed E-state index contributed by atoms with van der Waals surface area (Å²) >= 11 is 0. The number of aliphatic imine (C=N–C) groups is 1. The molecular weight excluding hydrogens is 331 g/mol. The van der Waals surface area contributed by atoms with Gasteiger partial charge >= 0.3 is 11.7 Å². The Morgan fingerprint density at radius 2 is 1.96 bits per heavy atom. The van der Waals surface area contributed by atoms with Gasteiger partial charge in [0.2, 0.25) is 5.90 Å². The van der Waals surface area contributed by atoms with Crippen molar-refractivity contribution in [3.63, 3.8) is 0 Å². The molecule has 0 radical (unpaired) electrons. The number of hydrogen-bond acceptors (Lipinski definition) is 6. The van der Waals surface area contributed by atoms with Crippen LogP contribution in [-0.2, 0) is 9.53 Å². The molecule has 1 heterocycles. The topological polar surface area (TPSA) is 91.0 Å². The molecule has 0 aromatic heterocycles. The molecule has 0 aliphatic carbocycles. The smallest absolute Gasteiger partial charge is 0.363 e. The molecule has 0 fully saturated rings. The standard InChI is InChI=1S/C17H11FN2O5/c1-24-15-7-4-11(9-14(15)20(22)23)16-19-13(17(21)25-16)8-10-2-5-12(18)6-3-10/h2-9H,1H3. The summed E-state index contributed by atoms with van der Waals surface area (Å²) in [6, 6.07) is 9.59. The van der Waals surface area contributed by atoms with Gasteiger partial charge in [-0.05, 0) is 35.9 Å². The molecule has 126 valence electrons. The van der Waals surface area contributed by atoms with Crippen LogP contribution >= 0.6 is 0 Å². The van der Waals surface area contributed by atoms with Crippen LogP contribution in [0.5, 0.6) is 5.75 Å². The van der Waals surface area contributed by atoms with E-state index in [1.165, 1.54) is 55.7 Å². The van der Waals surface area contributed by atoms with E-state index in [0.29, 0.717) is 5.56 Å². The van der Waals surface area contributed by atoms with Gasteiger partial charge in [-0.1, -0.05) is 12.1 Å². The molecule has 1 aliphatic heterocycles. The van der Waals surface area contributed by atoms with Crippen LogP contribution in [0.15, 0.2) is 53.2 Å². The largest absolute Gasteiger partial charge is 0.490 e. The molecule has 0 bridgehead atoms. The molecular formula is C17H11FN2O5. The van der Waals surface area contributed by atoms with E-state index in [0.717, 1.165) is 0 Å². The lowest BCUT2D eigenvalue weighted by molar-refractivity contribution is -0.385. The van der Waals surface area contributed by atoms with E-state index in [2.05, 4.69) is 4.99 Å². The van der Waals surface area contributed by atoms with E-state index in [4.69, 9.17) is 9.47 Å². The zero-order valence-corrected chi connectivity index (χ0v) is 12.9. The summed E-state index contributed by atoms with van der Waals surface area (Å²) < 4.78 is 22.9. The van der Waals surface area contributed by atoms with Gasteiger partial charge in [0.25, 0.3) is 0 Å². The van der Waals surface area contributed by atoms with Crippen molar-refractivity contribution in [3.05, 3.63) is 75.2 Å². The minimum absolute atomic E-state index is 0.0140. The zero-order chi connectivity index (χ0) is 18.0. The van der Waals surface area contributed by atoms with Crippen molar-refractivity contribution in [2.45, 2.75) is 0 Å². The molecule has 0 unspecified atom stereocenters. The summed E-state index contributed by atoms with van der Waals surface area (Å²) in [7, 11) is 1.32. The van der Waals surface area contributed by atoms with E-state index < -0.39 is 16.7 Å². The van der Waals surface area contributed by atoms with Gasteiger partial charge in [0.15, 0.2) is 11.4 Å². The molecule has 7 nitrogen and oxygen atoms in total. The van der Waals surface area contributed by atoms with Gasteiger partial charge < -0.3 is 9.47 Å². The number of halogens is 1. The van der Waals surface area contributed by atoms with Crippen molar-refractivity contribution in [3.8, 4) is 5.75 Å². The predicted octanol–water partition coefficient (Wildman–Crippen LogP) is 3.09. The molecule has 2 aromatic carbocycles. The predicted molar refractivity (Wildman–Crippen MR) is 86.7 cm³/mol. The number of nitro groups is 1. The maximum Gasteiger partial charge on any atom is 0.363 e. The second-order valence-corrected chi connectivity index (χ2v) is 5.03. The third-order valence-electron chi connectivity index (χ3n) is 3.42. The number of ether oxygens (including phenoxy) is 2. The fourth-order valence-electron chi connectivity index (χ4n) is 2.22. The van der Waals surface area contributed by atoms with Gasteiger partial charge in [-0.3, -0.25) is 10.1 Å². The first-order valence-electron chi connectivity index (χ1n) is 7.09. The Kier molecular flexibility index (Phi) is 4.25. The normalized spacial score (nSPS) is 15.0. The van der Waals surface area contributed by atoms with Crippen LogP contribution in [0, 0.1) is 15.9 Å². The Labute approximate surface area is 141 Å². The summed E-state index contributed by atoms with van der Waals surface area (Å²) in [5.41, 5.74) is 0.581. The maximum absolute atomic E-state index is 12.9. The highest BCUT2D eigenvalue weighted by Gasteiger charge is 2.26. The van der Waals surface area contributed by atoms with E-state index in [-0.39, 0.29) is 28.6 Å².